The van der Waals surface area contributed by atoms with Gasteiger partial charge in [0.25, 0.3) is 5.91 Å². The lowest BCUT2D eigenvalue weighted by atomic mass is 10.0. The molecule has 0 atom stereocenters. The van der Waals surface area contributed by atoms with Crippen molar-refractivity contribution in [1.29, 1.82) is 5.26 Å². The fourth-order valence-electron chi connectivity index (χ4n) is 4.70. The number of amides is 1. The molecule has 4 rings (SSSR count). The number of carbonyl (C=O) groups excluding carboxylic acids is 1. The van der Waals surface area contributed by atoms with Gasteiger partial charge in [0.05, 0.1) is 28.3 Å². The summed E-state index contributed by atoms with van der Waals surface area (Å²) in [6.07, 6.45) is -3.59. The number of benzene rings is 2. The molecule has 2 aliphatic rings. The van der Waals surface area contributed by atoms with Crippen LogP contribution in [0.15, 0.2) is 36.4 Å². The van der Waals surface area contributed by atoms with Gasteiger partial charge in [-0.05, 0) is 76.3 Å². The van der Waals surface area contributed by atoms with E-state index in [-0.39, 0.29) is 28.8 Å². The summed E-state index contributed by atoms with van der Waals surface area (Å²) in [6.45, 7) is 3.86. The molecule has 0 bridgehead atoms. The standard InChI is InChI=1S/C27H26F4N4O4S/c1-25(2)22(36)34(17-5-4-16(14-32)19(12-17)27(29,30)31)24(40)35(25)18-6-7-21(20(28)13-18)39-11-10-33(3)15-26(8-9-26)23(37)38/h4-7,12-13H,8-11,15H2,1-3H3,(H,37,38). The lowest BCUT2D eigenvalue weighted by Gasteiger charge is -2.29. The summed E-state index contributed by atoms with van der Waals surface area (Å²) in [7, 11) is 1.76. The number of nitrogens with zero attached hydrogens (tertiary/aromatic N) is 4. The molecule has 1 saturated heterocycles. The number of thiocarbonyl (C=S) groups is 1. The first-order chi connectivity index (χ1) is 18.6. The van der Waals surface area contributed by atoms with E-state index in [1.54, 1.807) is 7.05 Å². The third-order valence-corrected chi connectivity index (χ3v) is 7.50. The Morgan fingerprint density at radius 2 is 1.85 bits per heavy atom. The first-order valence-electron chi connectivity index (χ1n) is 12.3. The third-order valence-electron chi connectivity index (χ3n) is 7.14. The number of hydrogen-bond donors (Lipinski definition) is 1. The molecular formula is C27H26F4N4O4S. The second kappa shape index (κ2) is 10.3. The Balaban J connectivity index is 1.51. The van der Waals surface area contributed by atoms with E-state index in [4.69, 9.17) is 22.2 Å². The van der Waals surface area contributed by atoms with Gasteiger partial charge in [0, 0.05) is 24.8 Å². The Morgan fingerprint density at radius 3 is 2.40 bits per heavy atom. The van der Waals surface area contributed by atoms with E-state index in [0.29, 0.717) is 32.0 Å². The molecule has 1 heterocycles. The minimum atomic E-state index is -4.83. The Labute approximate surface area is 233 Å². The molecule has 8 nitrogen and oxygen atoms in total. The molecule has 0 radical (unpaired) electrons. The van der Waals surface area contributed by atoms with Gasteiger partial charge in [-0.25, -0.2) is 4.39 Å². The van der Waals surface area contributed by atoms with Crippen LogP contribution in [0.3, 0.4) is 0 Å². The molecule has 40 heavy (non-hydrogen) atoms. The summed E-state index contributed by atoms with van der Waals surface area (Å²) in [5.74, 6) is -2.27. The van der Waals surface area contributed by atoms with Gasteiger partial charge in [-0.15, -0.1) is 0 Å². The maximum absolute atomic E-state index is 15.0. The number of ether oxygens (including phenoxy) is 1. The highest BCUT2D eigenvalue weighted by molar-refractivity contribution is 7.81. The molecule has 212 valence electrons. The van der Waals surface area contributed by atoms with Crippen molar-refractivity contribution in [3.05, 3.63) is 53.3 Å². The summed E-state index contributed by atoms with van der Waals surface area (Å²) < 4.78 is 61.2. The maximum Gasteiger partial charge on any atom is 0.417 e. The molecule has 2 fully saturated rings. The Morgan fingerprint density at radius 1 is 1.20 bits per heavy atom. The van der Waals surface area contributed by atoms with Gasteiger partial charge in [0.1, 0.15) is 12.1 Å². The predicted octanol–water partition coefficient (Wildman–Crippen LogP) is 4.81. The number of likely N-dealkylation sites (N-methyl/N-ethyl adjacent to an activating group) is 1. The average Bonchev–Trinajstić information content (AvgIpc) is 3.62. The normalized spacial score (nSPS) is 17.8. The number of alkyl halides is 3. The number of carboxylic acid groups (broad SMARTS) is 1. The highest BCUT2D eigenvalue weighted by atomic mass is 32.1. The van der Waals surface area contributed by atoms with Crippen LogP contribution in [-0.2, 0) is 15.8 Å². The molecule has 0 unspecified atom stereocenters. The molecule has 1 amide bonds. The van der Waals surface area contributed by atoms with E-state index in [9.17, 15) is 27.9 Å². The fraction of sp³-hybridized carbons (Fsp3) is 0.407. The SMILES string of the molecule is CN(CCOc1ccc(N2C(=S)N(c3ccc(C#N)c(C(F)(F)F)c3)C(=O)C2(C)C)cc1F)CC1(C(=O)O)CC1. The van der Waals surface area contributed by atoms with Crippen molar-refractivity contribution in [1.82, 2.24) is 4.90 Å². The second-order valence-electron chi connectivity index (χ2n) is 10.4. The zero-order chi connectivity index (χ0) is 29.6. The van der Waals surface area contributed by atoms with Gasteiger partial charge in [0.15, 0.2) is 16.7 Å². The van der Waals surface area contributed by atoms with Crippen LogP contribution in [-0.4, -0.2) is 59.3 Å². The molecule has 13 heteroatoms. The van der Waals surface area contributed by atoms with Gasteiger partial charge in [-0.3, -0.25) is 14.5 Å². The Bertz CT molecular complexity index is 1420. The number of halogens is 4. The van der Waals surface area contributed by atoms with Crippen molar-refractivity contribution in [3.8, 4) is 11.8 Å². The highest BCUT2D eigenvalue weighted by Crippen LogP contribution is 2.46. The summed E-state index contributed by atoms with van der Waals surface area (Å²) in [5, 5.41) is 18.2. The van der Waals surface area contributed by atoms with Crippen LogP contribution in [0, 0.1) is 22.6 Å². The van der Waals surface area contributed by atoms with E-state index in [1.165, 1.54) is 43.0 Å². The number of aliphatic carboxylic acids is 1. The van der Waals surface area contributed by atoms with Crippen LogP contribution in [0.1, 0.15) is 37.8 Å². The molecule has 1 saturated carbocycles. The number of rotatable bonds is 9. The van der Waals surface area contributed by atoms with Crippen molar-refractivity contribution in [3.63, 3.8) is 0 Å². The number of carboxylic acids is 1. The third kappa shape index (κ3) is 5.33. The van der Waals surface area contributed by atoms with Crippen molar-refractivity contribution < 1.29 is 37.0 Å². The van der Waals surface area contributed by atoms with Crippen molar-refractivity contribution >= 4 is 40.6 Å². The minimum absolute atomic E-state index is 0.0652. The Kier molecular flexibility index (Phi) is 7.55. The van der Waals surface area contributed by atoms with Crippen LogP contribution in [0.5, 0.6) is 5.75 Å². The lowest BCUT2D eigenvalue weighted by Crippen LogP contribution is -2.44. The molecule has 1 aliphatic carbocycles. The minimum Gasteiger partial charge on any atom is -0.489 e. The van der Waals surface area contributed by atoms with Gasteiger partial charge in [-0.2, -0.15) is 18.4 Å². The first-order valence-corrected chi connectivity index (χ1v) is 12.7. The van der Waals surface area contributed by atoms with Crippen LogP contribution in [0.4, 0.5) is 28.9 Å². The van der Waals surface area contributed by atoms with Gasteiger partial charge >= 0.3 is 12.1 Å². The molecule has 2 aromatic carbocycles. The molecule has 1 N–H and O–H groups in total. The summed E-state index contributed by atoms with van der Waals surface area (Å²) in [5.41, 5.74) is -3.87. The van der Waals surface area contributed by atoms with Gasteiger partial charge in [-0.1, -0.05) is 0 Å². The molecule has 0 spiro atoms. The Hall–Kier alpha value is -3.76. The van der Waals surface area contributed by atoms with Crippen molar-refractivity contribution in [2.45, 2.75) is 38.4 Å². The predicted molar refractivity (Wildman–Crippen MR) is 141 cm³/mol. The second-order valence-corrected chi connectivity index (χ2v) is 10.8. The van der Waals surface area contributed by atoms with Crippen molar-refractivity contribution in [2.24, 2.45) is 5.41 Å². The van der Waals surface area contributed by atoms with Gasteiger partial charge < -0.3 is 19.6 Å². The molecule has 1 aliphatic heterocycles. The van der Waals surface area contributed by atoms with E-state index in [0.717, 1.165) is 17.0 Å². The fourth-order valence-corrected chi connectivity index (χ4v) is 5.22. The highest BCUT2D eigenvalue weighted by Gasteiger charge is 2.51. The summed E-state index contributed by atoms with van der Waals surface area (Å²) in [6, 6.07) is 8.32. The van der Waals surface area contributed by atoms with Crippen LogP contribution >= 0.6 is 12.2 Å². The number of nitriles is 1. The topological polar surface area (TPSA) is 97.1 Å². The summed E-state index contributed by atoms with van der Waals surface area (Å²) >= 11 is 5.48. The van der Waals surface area contributed by atoms with Crippen molar-refractivity contribution in [2.75, 3.05) is 36.5 Å². The smallest absolute Gasteiger partial charge is 0.417 e. The largest absolute Gasteiger partial charge is 0.489 e. The van der Waals surface area contributed by atoms with E-state index < -0.39 is 46.0 Å². The molecular weight excluding hydrogens is 552 g/mol. The monoisotopic (exact) mass is 578 g/mol. The van der Waals surface area contributed by atoms with Crippen LogP contribution in [0.2, 0.25) is 0 Å². The number of carbonyl (C=O) groups is 2. The molecule has 0 aromatic heterocycles. The van der Waals surface area contributed by atoms with E-state index >= 15 is 4.39 Å². The zero-order valence-corrected chi connectivity index (χ0v) is 22.7. The molecule has 2 aromatic rings. The average molecular weight is 579 g/mol. The van der Waals surface area contributed by atoms with Crippen LogP contribution in [0.25, 0.3) is 0 Å². The van der Waals surface area contributed by atoms with E-state index in [2.05, 4.69) is 0 Å². The first kappa shape index (κ1) is 29.2. The lowest BCUT2D eigenvalue weighted by molar-refractivity contribution is -0.144. The maximum atomic E-state index is 15.0. The number of hydrogen-bond acceptors (Lipinski definition) is 6. The quantitative estimate of drug-likeness (QED) is 0.335. The zero-order valence-electron chi connectivity index (χ0n) is 21.9. The van der Waals surface area contributed by atoms with E-state index in [1.807, 2.05) is 4.90 Å². The van der Waals surface area contributed by atoms with Crippen LogP contribution < -0.4 is 14.5 Å². The number of anilines is 2. The summed E-state index contributed by atoms with van der Waals surface area (Å²) in [4.78, 5) is 28.8. The van der Waals surface area contributed by atoms with Gasteiger partial charge in [0.2, 0.25) is 0 Å².